The van der Waals surface area contributed by atoms with E-state index in [1.165, 1.54) is 18.6 Å². The molecule has 0 aromatic rings. The van der Waals surface area contributed by atoms with E-state index in [1.54, 1.807) is 0 Å². The van der Waals surface area contributed by atoms with Crippen LogP contribution in [0, 0.1) is 0 Å². The Balaban J connectivity index is 1.96. The zero-order valence-electron chi connectivity index (χ0n) is 11.3. The summed E-state index contributed by atoms with van der Waals surface area (Å²) in [5, 5.41) is 3.12. The summed E-state index contributed by atoms with van der Waals surface area (Å²) in [4.78, 5) is 11.9. The molecule has 98 valence electrons. The van der Waals surface area contributed by atoms with Crippen molar-refractivity contribution in [2.75, 3.05) is 5.75 Å². The van der Waals surface area contributed by atoms with Crippen LogP contribution < -0.4 is 5.32 Å². The van der Waals surface area contributed by atoms with Gasteiger partial charge in [-0.3, -0.25) is 0 Å². The minimum atomic E-state index is -0.413. The quantitative estimate of drug-likeness (QED) is 0.824. The smallest absolute Gasteiger partial charge is 0.408 e. The summed E-state index contributed by atoms with van der Waals surface area (Å²) < 4.78 is 5.57. The third-order valence-electron chi connectivity index (χ3n) is 3.72. The highest BCUT2D eigenvalue weighted by atomic mass is 32.2. The Labute approximate surface area is 108 Å². The van der Waals surface area contributed by atoms with Crippen LogP contribution in [-0.2, 0) is 4.74 Å². The lowest BCUT2D eigenvalue weighted by atomic mass is 9.94. The second kappa shape index (κ2) is 4.08. The molecule has 1 saturated carbocycles. The molecule has 1 heterocycles. The lowest BCUT2D eigenvalue weighted by Gasteiger charge is -2.35. The number of alkyl carbamates (subject to hydrolysis) is 1. The van der Waals surface area contributed by atoms with Crippen molar-refractivity contribution in [3.05, 3.63) is 0 Å². The van der Waals surface area contributed by atoms with Crippen LogP contribution in [0.3, 0.4) is 0 Å². The van der Waals surface area contributed by atoms with Gasteiger partial charge < -0.3 is 10.1 Å². The normalized spacial score (nSPS) is 31.1. The maximum atomic E-state index is 11.9. The average molecular weight is 257 g/mol. The second-order valence-electron chi connectivity index (χ2n) is 6.39. The molecule has 1 aliphatic carbocycles. The van der Waals surface area contributed by atoms with E-state index in [0.717, 1.165) is 12.8 Å². The number of ether oxygens (including phenoxy) is 1. The van der Waals surface area contributed by atoms with Crippen molar-refractivity contribution in [3.63, 3.8) is 0 Å². The van der Waals surface area contributed by atoms with Crippen LogP contribution in [0.2, 0.25) is 0 Å². The number of carbonyl (C=O) groups is 1. The largest absolute Gasteiger partial charge is 0.444 e. The molecule has 0 radical (unpaired) electrons. The van der Waals surface area contributed by atoms with Crippen LogP contribution in [-0.4, -0.2) is 27.7 Å². The average Bonchev–Trinajstić information content (AvgIpc) is 2.78. The van der Waals surface area contributed by atoms with E-state index in [9.17, 15) is 4.79 Å². The van der Waals surface area contributed by atoms with Gasteiger partial charge in [0.25, 0.3) is 0 Å². The van der Waals surface area contributed by atoms with Gasteiger partial charge in [-0.05, 0) is 59.1 Å². The molecule has 0 bridgehead atoms. The van der Waals surface area contributed by atoms with Gasteiger partial charge in [0.05, 0.1) is 5.54 Å². The molecule has 1 aliphatic heterocycles. The second-order valence-corrected chi connectivity index (χ2v) is 7.99. The maximum Gasteiger partial charge on any atom is 0.408 e. The molecule has 2 rings (SSSR count). The third-order valence-corrected chi connectivity index (χ3v) is 5.45. The van der Waals surface area contributed by atoms with Crippen LogP contribution in [0.1, 0.15) is 53.4 Å². The standard InChI is InChI=1S/C13H23NO2S/c1-11(2,3)16-10(15)14-13(7-8-13)12(4)6-5-9-17-12/h5-9H2,1-4H3,(H,14,15). The van der Waals surface area contributed by atoms with Crippen LogP contribution >= 0.6 is 11.8 Å². The van der Waals surface area contributed by atoms with Gasteiger partial charge in [0.1, 0.15) is 5.60 Å². The zero-order chi connectivity index (χ0) is 12.7. The van der Waals surface area contributed by atoms with E-state index in [0.29, 0.717) is 0 Å². The molecule has 3 nitrogen and oxygen atoms in total. The molecule has 0 aromatic heterocycles. The summed E-state index contributed by atoms with van der Waals surface area (Å²) in [6.45, 7) is 7.99. The number of nitrogens with one attached hydrogen (secondary N) is 1. The van der Waals surface area contributed by atoms with E-state index in [-0.39, 0.29) is 16.4 Å². The number of carbonyl (C=O) groups excluding carboxylic acids is 1. The van der Waals surface area contributed by atoms with Gasteiger partial charge in [-0.2, -0.15) is 11.8 Å². The highest BCUT2D eigenvalue weighted by Gasteiger charge is 2.59. The number of hydrogen-bond donors (Lipinski definition) is 1. The molecule has 2 fully saturated rings. The van der Waals surface area contributed by atoms with Gasteiger partial charge >= 0.3 is 6.09 Å². The van der Waals surface area contributed by atoms with Gasteiger partial charge in [0.2, 0.25) is 0 Å². The summed E-state index contributed by atoms with van der Waals surface area (Å²) in [5.74, 6) is 1.22. The highest BCUT2D eigenvalue weighted by molar-refractivity contribution is 8.01. The fourth-order valence-corrected chi connectivity index (χ4v) is 4.13. The molecule has 1 N–H and O–H groups in total. The summed E-state index contributed by atoms with van der Waals surface area (Å²) in [6.07, 6.45) is 4.39. The van der Waals surface area contributed by atoms with Crippen LogP contribution in [0.4, 0.5) is 4.79 Å². The van der Waals surface area contributed by atoms with E-state index in [2.05, 4.69) is 12.2 Å². The van der Waals surface area contributed by atoms with Crippen molar-refractivity contribution < 1.29 is 9.53 Å². The van der Waals surface area contributed by atoms with Gasteiger partial charge in [0, 0.05) is 4.75 Å². The van der Waals surface area contributed by atoms with Crippen molar-refractivity contribution >= 4 is 17.9 Å². The van der Waals surface area contributed by atoms with Crippen LogP contribution in [0.5, 0.6) is 0 Å². The van der Waals surface area contributed by atoms with Crippen LogP contribution in [0.15, 0.2) is 0 Å². The lowest BCUT2D eigenvalue weighted by Crippen LogP contribution is -2.51. The van der Waals surface area contributed by atoms with Crippen molar-refractivity contribution in [1.82, 2.24) is 5.32 Å². The minimum absolute atomic E-state index is 0.00347. The number of rotatable bonds is 2. The Hall–Kier alpha value is -0.380. The topological polar surface area (TPSA) is 38.3 Å². The Morgan fingerprint density at radius 3 is 2.35 bits per heavy atom. The molecule has 4 heteroatoms. The first kappa shape index (κ1) is 13.1. The first-order chi connectivity index (χ1) is 7.77. The third kappa shape index (κ3) is 2.72. The first-order valence-electron chi connectivity index (χ1n) is 6.42. The molecule has 0 spiro atoms. The number of amides is 1. The molecular formula is C13H23NO2S. The molecular weight excluding hydrogens is 234 g/mol. The van der Waals surface area contributed by atoms with Gasteiger partial charge in [-0.1, -0.05) is 0 Å². The monoisotopic (exact) mass is 257 g/mol. The Bertz CT molecular complexity index is 312. The predicted octanol–water partition coefficient (Wildman–Crippen LogP) is 3.33. The van der Waals surface area contributed by atoms with Crippen molar-refractivity contribution in [2.45, 2.75) is 69.3 Å². The van der Waals surface area contributed by atoms with Gasteiger partial charge in [0.15, 0.2) is 0 Å². The van der Waals surface area contributed by atoms with Crippen molar-refractivity contribution in [2.24, 2.45) is 0 Å². The zero-order valence-corrected chi connectivity index (χ0v) is 12.1. The van der Waals surface area contributed by atoms with E-state index >= 15 is 0 Å². The molecule has 1 atom stereocenters. The maximum absolute atomic E-state index is 11.9. The molecule has 1 saturated heterocycles. The number of hydrogen-bond acceptors (Lipinski definition) is 3. The van der Waals surface area contributed by atoms with E-state index in [1.807, 2.05) is 32.5 Å². The summed E-state index contributed by atoms with van der Waals surface area (Å²) >= 11 is 2.00. The van der Waals surface area contributed by atoms with Gasteiger partial charge in [-0.15, -0.1) is 0 Å². The number of thioether (sulfide) groups is 1. The summed E-state index contributed by atoms with van der Waals surface area (Å²) in [7, 11) is 0. The predicted molar refractivity (Wildman–Crippen MR) is 71.4 cm³/mol. The van der Waals surface area contributed by atoms with E-state index < -0.39 is 5.60 Å². The van der Waals surface area contributed by atoms with E-state index in [4.69, 9.17) is 4.74 Å². The minimum Gasteiger partial charge on any atom is -0.444 e. The SMILES string of the molecule is CC(C)(C)OC(=O)NC1(C2(C)CCCS2)CC1. The fraction of sp³-hybridized carbons (Fsp3) is 0.923. The van der Waals surface area contributed by atoms with Crippen molar-refractivity contribution in [3.8, 4) is 0 Å². The van der Waals surface area contributed by atoms with Gasteiger partial charge in [-0.25, -0.2) is 4.79 Å². The Morgan fingerprint density at radius 2 is 1.94 bits per heavy atom. The highest BCUT2D eigenvalue weighted by Crippen LogP contribution is 2.56. The summed E-state index contributed by atoms with van der Waals surface area (Å²) in [6, 6.07) is 0. The molecule has 1 amide bonds. The molecule has 0 aromatic carbocycles. The fourth-order valence-electron chi connectivity index (χ4n) is 2.57. The van der Waals surface area contributed by atoms with Crippen LogP contribution in [0.25, 0.3) is 0 Å². The molecule has 2 aliphatic rings. The molecule has 17 heavy (non-hydrogen) atoms. The lowest BCUT2D eigenvalue weighted by molar-refractivity contribution is 0.0483. The first-order valence-corrected chi connectivity index (χ1v) is 7.40. The van der Waals surface area contributed by atoms with Crippen molar-refractivity contribution in [1.29, 1.82) is 0 Å². The summed E-state index contributed by atoms with van der Waals surface area (Å²) in [5.41, 5.74) is -0.416. The Kier molecular flexibility index (Phi) is 3.13. The molecule has 1 unspecified atom stereocenters. The Morgan fingerprint density at radius 1 is 1.29 bits per heavy atom.